The van der Waals surface area contributed by atoms with E-state index in [0.717, 1.165) is 5.69 Å². The molecule has 0 aliphatic carbocycles. The van der Waals surface area contributed by atoms with Crippen molar-refractivity contribution in [3.05, 3.63) is 63.7 Å². The molecule has 3 heteroatoms. The maximum absolute atomic E-state index is 9.08. The molecule has 2 aromatic carbocycles. The van der Waals surface area contributed by atoms with Crippen LogP contribution >= 0.6 is 11.6 Å². The molecule has 0 bridgehead atoms. The SMILES string of the molecule is Cc1cccc(C)c1CNc1cc(Cl)ccc1C#N. The summed E-state index contributed by atoms with van der Waals surface area (Å²) in [5.74, 6) is 0. The third kappa shape index (κ3) is 3.07. The molecule has 0 aliphatic heterocycles. The van der Waals surface area contributed by atoms with E-state index in [0.29, 0.717) is 17.1 Å². The Morgan fingerprint density at radius 1 is 1.16 bits per heavy atom. The zero-order chi connectivity index (χ0) is 13.8. The summed E-state index contributed by atoms with van der Waals surface area (Å²) in [6.07, 6.45) is 0. The number of nitriles is 1. The number of hydrogen-bond acceptors (Lipinski definition) is 2. The van der Waals surface area contributed by atoms with Crippen molar-refractivity contribution in [3.63, 3.8) is 0 Å². The molecule has 2 nitrogen and oxygen atoms in total. The second kappa shape index (κ2) is 5.77. The molecular formula is C16H15ClN2. The Bertz CT molecular complexity index is 621. The highest BCUT2D eigenvalue weighted by molar-refractivity contribution is 6.30. The molecule has 0 saturated carbocycles. The van der Waals surface area contributed by atoms with Gasteiger partial charge in [-0.05, 0) is 48.7 Å². The summed E-state index contributed by atoms with van der Waals surface area (Å²) in [7, 11) is 0. The van der Waals surface area contributed by atoms with Gasteiger partial charge < -0.3 is 5.32 Å². The summed E-state index contributed by atoms with van der Waals surface area (Å²) in [5.41, 5.74) is 5.13. The molecule has 0 saturated heterocycles. The quantitative estimate of drug-likeness (QED) is 0.895. The van der Waals surface area contributed by atoms with Crippen molar-refractivity contribution in [1.29, 1.82) is 5.26 Å². The van der Waals surface area contributed by atoms with E-state index in [9.17, 15) is 0 Å². The summed E-state index contributed by atoms with van der Waals surface area (Å²) in [5, 5.41) is 13.0. The molecule has 2 aromatic rings. The maximum atomic E-state index is 9.08. The van der Waals surface area contributed by atoms with Gasteiger partial charge in [0, 0.05) is 11.6 Å². The maximum Gasteiger partial charge on any atom is 0.101 e. The van der Waals surface area contributed by atoms with Crippen LogP contribution in [0.25, 0.3) is 0 Å². The molecule has 0 unspecified atom stereocenters. The highest BCUT2D eigenvalue weighted by Gasteiger charge is 2.05. The minimum atomic E-state index is 0.607. The first-order valence-electron chi connectivity index (χ1n) is 6.10. The molecule has 1 N–H and O–H groups in total. The summed E-state index contributed by atoms with van der Waals surface area (Å²) >= 11 is 5.97. The molecule has 0 amide bonds. The number of hydrogen-bond donors (Lipinski definition) is 1. The molecule has 19 heavy (non-hydrogen) atoms. The number of benzene rings is 2. The van der Waals surface area contributed by atoms with Gasteiger partial charge in [-0.15, -0.1) is 0 Å². The van der Waals surface area contributed by atoms with Gasteiger partial charge in [-0.1, -0.05) is 29.8 Å². The van der Waals surface area contributed by atoms with Gasteiger partial charge in [0.25, 0.3) is 0 Å². The molecule has 0 fully saturated rings. The monoisotopic (exact) mass is 270 g/mol. The fourth-order valence-corrected chi connectivity index (χ4v) is 2.24. The lowest BCUT2D eigenvalue weighted by atomic mass is 10.0. The minimum absolute atomic E-state index is 0.607. The largest absolute Gasteiger partial charge is 0.380 e. The highest BCUT2D eigenvalue weighted by Crippen LogP contribution is 2.22. The topological polar surface area (TPSA) is 35.8 Å². The van der Waals surface area contributed by atoms with Gasteiger partial charge in [-0.2, -0.15) is 5.26 Å². The Morgan fingerprint density at radius 2 is 1.84 bits per heavy atom. The van der Waals surface area contributed by atoms with E-state index in [4.69, 9.17) is 16.9 Å². The zero-order valence-corrected chi connectivity index (χ0v) is 11.8. The predicted octanol–water partition coefficient (Wildman–Crippen LogP) is 4.44. The van der Waals surface area contributed by atoms with Gasteiger partial charge in [0.1, 0.15) is 6.07 Å². The molecule has 0 heterocycles. The lowest BCUT2D eigenvalue weighted by Gasteiger charge is -2.13. The summed E-state index contributed by atoms with van der Waals surface area (Å²) in [4.78, 5) is 0. The van der Waals surface area contributed by atoms with Crippen molar-refractivity contribution in [2.45, 2.75) is 20.4 Å². The van der Waals surface area contributed by atoms with E-state index in [1.165, 1.54) is 16.7 Å². The Morgan fingerprint density at radius 3 is 2.47 bits per heavy atom. The third-order valence-electron chi connectivity index (χ3n) is 3.20. The standard InChI is InChI=1S/C16H15ClN2/c1-11-4-3-5-12(2)15(11)10-19-16-8-14(17)7-6-13(16)9-18/h3-8,19H,10H2,1-2H3. The Kier molecular flexibility index (Phi) is 4.09. The number of nitrogens with zero attached hydrogens (tertiary/aromatic N) is 1. The van der Waals surface area contributed by atoms with Gasteiger partial charge in [0.05, 0.1) is 11.3 Å². The normalized spacial score (nSPS) is 10.0. The number of nitrogens with one attached hydrogen (secondary N) is 1. The van der Waals surface area contributed by atoms with Gasteiger partial charge in [0.2, 0.25) is 0 Å². The van der Waals surface area contributed by atoms with E-state index in [1.807, 2.05) is 6.07 Å². The van der Waals surface area contributed by atoms with Gasteiger partial charge in [0.15, 0.2) is 0 Å². The number of aryl methyl sites for hydroxylation is 2. The molecular weight excluding hydrogens is 256 g/mol. The van der Waals surface area contributed by atoms with E-state index in [1.54, 1.807) is 18.2 Å². The molecule has 0 spiro atoms. The van der Waals surface area contributed by atoms with Crippen molar-refractivity contribution in [2.24, 2.45) is 0 Å². The van der Waals surface area contributed by atoms with Crippen LogP contribution < -0.4 is 5.32 Å². The lowest BCUT2D eigenvalue weighted by molar-refractivity contribution is 1.09. The Hall–Kier alpha value is -1.98. The molecule has 0 aromatic heterocycles. The first-order valence-corrected chi connectivity index (χ1v) is 6.48. The fourth-order valence-electron chi connectivity index (χ4n) is 2.07. The average Bonchev–Trinajstić information content (AvgIpc) is 2.38. The van der Waals surface area contributed by atoms with Crippen molar-refractivity contribution < 1.29 is 0 Å². The van der Waals surface area contributed by atoms with Crippen LogP contribution in [0.4, 0.5) is 5.69 Å². The number of rotatable bonds is 3. The summed E-state index contributed by atoms with van der Waals surface area (Å²) < 4.78 is 0. The van der Waals surface area contributed by atoms with Crippen LogP contribution in [0.2, 0.25) is 5.02 Å². The molecule has 0 aliphatic rings. The number of halogens is 1. The second-order valence-corrected chi connectivity index (χ2v) is 4.96. The van der Waals surface area contributed by atoms with Crippen LogP contribution in [0.3, 0.4) is 0 Å². The van der Waals surface area contributed by atoms with Crippen molar-refractivity contribution in [2.75, 3.05) is 5.32 Å². The lowest BCUT2D eigenvalue weighted by Crippen LogP contribution is -2.04. The van der Waals surface area contributed by atoms with Gasteiger partial charge in [-0.3, -0.25) is 0 Å². The molecule has 96 valence electrons. The van der Waals surface area contributed by atoms with Crippen LogP contribution in [0, 0.1) is 25.2 Å². The smallest absolute Gasteiger partial charge is 0.101 e. The first kappa shape index (κ1) is 13.5. The summed E-state index contributed by atoms with van der Waals surface area (Å²) in [6.45, 7) is 4.87. The zero-order valence-electron chi connectivity index (χ0n) is 11.0. The van der Waals surface area contributed by atoms with E-state index >= 15 is 0 Å². The first-order chi connectivity index (χ1) is 9.11. The van der Waals surface area contributed by atoms with Crippen molar-refractivity contribution in [1.82, 2.24) is 0 Å². The Balaban J connectivity index is 2.24. The van der Waals surface area contributed by atoms with Crippen LogP contribution in [0.15, 0.2) is 36.4 Å². The predicted molar refractivity (Wildman–Crippen MR) is 79.4 cm³/mol. The third-order valence-corrected chi connectivity index (χ3v) is 3.44. The van der Waals surface area contributed by atoms with E-state index in [2.05, 4.69) is 37.4 Å². The van der Waals surface area contributed by atoms with Crippen molar-refractivity contribution in [3.8, 4) is 6.07 Å². The average molecular weight is 271 g/mol. The Labute approximate surface area is 118 Å². The van der Waals surface area contributed by atoms with Gasteiger partial charge in [-0.25, -0.2) is 0 Å². The fraction of sp³-hybridized carbons (Fsp3) is 0.188. The number of anilines is 1. The second-order valence-electron chi connectivity index (χ2n) is 4.53. The van der Waals surface area contributed by atoms with Crippen LogP contribution in [-0.2, 0) is 6.54 Å². The minimum Gasteiger partial charge on any atom is -0.380 e. The van der Waals surface area contributed by atoms with E-state index in [-0.39, 0.29) is 0 Å². The summed E-state index contributed by atoms with van der Waals surface area (Å²) in [6, 6.07) is 13.6. The van der Waals surface area contributed by atoms with E-state index < -0.39 is 0 Å². The molecule has 0 atom stereocenters. The van der Waals surface area contributed by atoms with Crippen LogP contribution in [-0.4, -0.2) is 0 Å². The highest BCUT2D eigenvalue weighted by atomic mass is 35.5. The van der Waals surface area contributed by atoms with Crippen LogP contribution in [0.5, 0.6) is 0 Å². The molecule has 0 radical (unpaired) electrons. The molecule has 2 rings (SSSR count). The van der Waals surface area contributed by atoms with Crippen LogP contribution in [0.1, 0.15) is 22.3 Å². The van der Waals surface area contributed by atoms with Gasteiger partial charge >= 0.3 is 0 Å². The van der Waals surface area contributed by atoms with Crippen molar-refractivity contribution >= 4 is 17.3 Å².